The summed E-state index contributed by atoms with van der Waals surface area (Å²) >= 11 is 0. The third kappa shape index (κ3) is 1.98. The first-order chi connectivity index (χ1) is 3.18. The van der Waals surface area contributed by atoms with Crippen molar-refractivity contribution in [1.29, 1.82) is 5.41 Å². The minimum absolute atomic E-state index is 0.530. The summed E-state index contributed by atoms with van der Waals surface area (Å²) < 4.78 is 0. The molecule has 0 aromatic rings. The molecule has 7 heavy (non-hydrogen) atoms. The van der Waals surface area contributed by atoms with Gasteiger partial charge in [-0.2, -0.15) is 0 Å². The standard InChI is InChI=1S/C5H10N2/c1-4(3-6)5(2)7/h3,7H,6H2,1-2H3/b4-3+,7-5?. The van der Waals surface area contributed by atoms with E-state index < -0.39 is 0 Å². The van der Waals surface area contributed by atoms with Crippen LogP contribution in [0.15, 0.2) is 11.8 Å². The molecule has 0 unspecified atom stereocenters. The summed E-state index contributed by atoms with van der Waals surface area (Å²) in [4.78, 5) is 0. The summed E-state index contributed by atoms with van der Waals surface area (Å²) in [6.45, 7) is 3.51. The first kappa shape index (κ1) is 6.21. The van der Waals surface area contributed by atoms with Gasteiger partial charge in [0.25, 0.3) is 0 Å². The highest BCUT2D eigenvalue weighted by atomic mass is 14.5. The number of nitrogens with two attached hydrogens (primary N) is 1. The van der Waals surface area contributed by atoms with Gasteiger partial charge in [-0.15, -0.1) is 0 Å². The summed E-state index contributed by atoms with van der Waals surface area (Å²) in [6.07, 6.45) is 1.43. The van der Waals surface area contributed by atoms with Gasteiger partial charge in [0.15, 0.2) is 0 Å². The fraction of sp³-hybridized carbons (Fsp3) is 0.400. The lowest BCUT2D eigenvalue weighted by molar-refractivity contribution is 1.39. The van der Waals surface area contributed by atoms with Gasteiger partial charge in [-0.25, -0.2) is 0 Å². The van der Waals surface area contributed by atoms with Crippen LogP contribution in [-0.2, 0) is 0 Å². The lowest BCUT2D eigenvalue weighted by Crippen LogP contribution is -1.93. The topological polar surface area (TPSA) is 49.9 Å². The highest BCUT2D eigenvalue weighted by Crippen LogP contribution is 1.87. The molecule has 0 radical (unpaired) electrons. The van der Waals surface area contributed by atoms with Gasteiger partial charge in [-0.3, -0.25) is 0 Å². The molecule has 0 saturated heterocycles. The predicted octanol–water partition coefficient (Wildman–Crippen LogP) is 0.889. The van der Waals surface area contributed by atoms with Crippen molar-refractivity contribution >= 4 is 5.71 Å². The van der Waals surface area contributed by atoms with E-state index in [0.29, 0.717) is 5.71 Å². The number of hydrogen-bond acceptors (Lipinski definition) is 2. The van der Waals surface area contributed by atoms with Crippen molar-refractivity contribution in [3.63, 3.8) is 0 Å². The zero-order chi connectivity index (χ0) is 5.86. The Hall–Kier alpha value is -0.790. The van der Waals surface area contributed by atoms with Crippen LogP contribution >= 0.6 is 0 Å². The molecule has 3 N–H and O–H groups in total. The van der Waals surface area contributed by atoms with E-state index in [1.165, 1.54) is 6.20 Å². The maximum atomic E-state index is 6.95. The molecule has 0 saturated carbocycles. The molecule has 2 nitrogen and oxygen atoms in total. The Morgan fingerprint density at radius 2 is 2.00 bits per heavy atom. The maximum absolute atomic E-state index is 6.95. The average Bonchev–Trinajstić information content (AvgIpc) is 1.65. The van der Waals surface area contributed by atoms with Crippen LogP contribution in [0, 0.1) is 5.41 Å². The Morgan fingerprint density at radius 3 is 2.00 bits per heavy atom. The van der Waals surface area contributed by atoms with Gasteiger partial charge in [-0.05, 0) is 25.6 Å². The van der Waals surface area contributed by atoms with E-state index >= 15 is 0 Å². The highest BCUT2D eigenvalue weighted by Gasteiger charge is 1.84. The van der Waals surface area contributed by atoms with Gasteiger partial charge >= 0.3 is 0 Å². The SMILES string of the molecule is CC(=N)/C(C)=C/N. The Labute approximate surface area is 43.5 Å². The van der Waals surface area contributed by atoms with Crippen molar-refractivity contribution < 1.29 is 0 Å². The summed E-state index contributed by atoms with van der Waals surface area (Å²) in [7, 11) is 0. The molecular formula is C5H10N2. The average molecular weight is 98.1 g/mol. The minimum atomic E-state index is 0.530. The maximum Gasteiger partial charge on any atom is 0.0326 e. The molecular weight excluding hydrogens is 88.1 g/mol. The fourth-order valence-corrected chi connectivity index (χ4v) is 0.125. The van der Waals surface area contributed by atoms with E-state index in [-0.39, 0.29) is 0 Å². The Morgan fingerprint density at radius 1 is 1.57 bits per heavy atom. The molecule has 0 rings (SSSR count). The van der Waals surface area contributed by atoms with Crippen LogP contribution in [0.25, 0.3) is 0 Å². The van der Waals surface area contributed by atoms with Gasteiger partial charge in [-0.1, -0.05) is 0 Å². The largest absolute Gasteiger partial charge is 0.404 e. The van der Waals surface area contributed by atoms with Crippen LogP contribution in [0.1, 0.15) is 13.8 Å². The van der Waals surface area contributed by atoms with Crippen molar-refractivity contribution in [2.75, 3.05) is 0 Å². The second kappa shape index (κ2) is 2.39. The first-order valence-electron chi connectivity index (χ1n) is 2.12. The molecule has 0 amide bonds. The van der Waals surface area contributed by atoms with Crippen molar-refractivity contribution in [1.82, 2.24) is 0 Å². The van der Waals surface area contributed by atoms with Crippen LogP contribution < -0.4 is 5.73 Å². The number of nitrogens with one attached hydrogen (secondary N) is 1. The number of allylic oxidation sites excluding steroid dienone is 1. The van der Waals surface area contributed by atoms with Crippen LogP contribution in [0.3, 0.4) is 0 Å². The second-order valence-corrected chi connectivity index (χ2v) is 1.47. The summed E-state index contributed by atoms with van der Waals surface area (Å²) in [5.74, 6) is 0. The van der Waals surface area contributed by atoms with Crippen molar-refractivity contribution in [3.05, 3.63) is 11.8 Å². The molecule has 0 aliphatic carbocycles. The molecule has 0 aromatic heterocycles. The van der Waals surface area contributed by atoms with E-state index in [2.05, 4.69) is 0 Å². The van der Waals surface area contributed by atoms with Crippen molar-refractivity contribution in [2.45, 2.75) is 13.8 Å². The third-order valence-electron chi connectivity index (χ3n) is 0.842. The molecule has 0 aliphatic heterocycles. The van der Waals surface area contributed by atoms with Gasteiger partial charge in [0, 0.05) is 5.71 Å². The Kier molecular flexibility index (Phi) is 2.12. The van der Waals surface area contributed by atoms with Crippen LogP contribution in [0.4, 0.5) is 0 Å². The van der Waals surface area contributed by atoms with E-state index in [1.807, 2.05) is 6.92 Å². The third-order valence-corrected chi connectivity index (χ3v) is 0.842. The molecule has 0 aliphatic rings. The minimum Gasteiger partial charge on any atom is -0.404 e. The lowest BCUT2D eigenvalue weighted by Gasteiger charge is -1.89. The van der Waals surface area contributed by atoms with Gasteiger partial charge in [0.1, 0.15) is 0 Å². The first-order valence-corrected chi connectivity index (χ1v) is 2.12. The Balaban J connectivity index is 3.82. The molecule has 0 heterocycles. The van der Waals surface area contributed by atoms with E-state index in [4.69, 9.17) is 11.1 Å². The van der Waals surface area contributed by atoms with Crippen LogP contribution in [-0.4, -0.2) is 5.71 Å². The predicted molar refractivity (Wildman–Crippen MR) is 31.3 cm³/mol. The van der Waals surface area contributed by atoms with E-state index in [9.17, 15) is 0 Å². The number of hydrogen-bond donors (Lipinski definition) is 2. The normalized spacial score (nSPS) is 11.4. The molecule has 0 aromatic carbocycles. The highest BCUT2D eigenvalue weighted by molar-refractivity contribution is 5.94. The fourth-order valence-electron chi connectivity index (χ4n) is 0.125. The lowest BCUT2D eigenvalue weighted by atomic mass is 10.2. The van der Waals surface area contributed by atoms with Gasteiger partial charge < -0.3 is 11.1 Å². The van der Waals surface area contributed by atoms with E-state index in [1.54, 1.807) is 6.92 Å². The summed E-state index contributed by atoms with van der Waals surface area (Å²) in [5.41, 5.74) is 6.43. The molecule has 2 heteroatoms. The molecule has 0 bridgehead atoms. The van der Waals surface area contributed by atoms with E-state index in [0.717, 1.165) is 5.57 Å². The molecule has 0 fully saturated rings. The monoisotopic (exact) mass is 98.1 g/mol. The quantitative estimate of drug-likeness (QED) is 0.470. The summed E-state index contributed by atoms with van der Waals surface area (Å²) in [6, 6.07) is 0. The Bertz CT molecular complexity index is 103. The molecule has 0 spiro atoms. The summed E-state index contributed by atoms with van der Waals surface area (Å²) in [5, 5.41) is 6.95. The van der Waals surface area contributed by atoms with Crippen LogP contribution in [0.2, 0.25) is 0 Å². The smallest absolute Gasteiger partial charge is 0.0326 e. The van der Waals surface area contributed by atoms with Crippen molar-refractivity contribution in [2.24, 2.45) is 5.73 Å². The molecule has 0 atom stereocenters. The zero-order valence-corrected chi connectivity index (χ0v) is 4.65. The second-order valence-electron chi connectivity index (χ2n) is 1.47. The van der Waals surface area contributed by atoms with Crippen molar-refractivity contribution in [3.8, 4) is 0 Å². The van der Waals surface area contributed by atoms with Crippen LogP contribution in [0.5, 0.6) is 0 Å². The zero-order valence-electron chi connectivity index (χ0n) is 4.65. The van der Waals surface area contributed by atoms with Gasteiger partial charge in [0.2, 0.25) is 0 Å². The van der Waals surface area contributed by atoms with Gasteiger partial charge in [0.05, 0.1) is 0 Å². The molecule has 40 valence electrons. The number of rotatable bonds is 1.